The molecule has 0 bridgehead atoms. The lowest BCUT2D eigenvalue weighted by molar-refractivity contribution is -0.119. The van der Waals surface area contributed by atoms with E-state index in [1.807, 2.05) is 62.6 Å². The molecule has 0 aromatic heterocycles. The van der Waals surface area contributed by atoms with Gasteiger partial charge in [-0.25, -0.2) is 0 Å². The van der Waals surface area contributed by atoms with Crippen molar-refractivity contribution in [1.82, 2.24) is 10.2 Å². The molecule has 0 aliphatic carbocycles. The first-order chi connectivity index (χ1) is 10.7. The highest BCUT2D eigenvalue weighted by Gasteiger charge is 2.14. The van der Waals surface area contributed by atoms with Crippen molar-refractivity contribution in [2.24, 2.45) is 0 Å². The number of nitrogens with zero attached hydrogens (tertiary/aromatic N) is 1. The van der Waals surface area contributed by atoms with E-state index >= 15 is 0 Å². The maximum absolute atomic E-state index is 12.0. The summed E-state index contributed by atoms with van der Waals surface area (Å²) in [4.78, 5) is 14.1. The number of hydrogen-bond donors (Lipinski definition) is 2. The molecule has 1 amide bonds. The van der Waals surface area contributed by atoms with Crippen molar-refractivity contribution >= 4 is 11.6 Å². The molecule has 0 radical (unpaired) electrons. The molecule has 0 heterocycles. The molecule has 0 spiro atoms. The lowest BCUT2D eigenvalue weighted by Gasteiger charge is -2.25. The molecule has 116 valence electrons. The summed E-state index contributed by atoms with van der Waals surface area (Å²) >= 11 is 0. The fraction of sp³-hybridized carbons (Fsp3) is 0.278. The first kappa shape index (κ1) is 16.0. The van der Waals surface area contributed by atoms with Gasteiger partial charge in [0.25, 0.3) is 0 Å². The second kappa shape index (κ2) is 8.20. The Kier molecular flexibility index (Phi) is 5.98. The highest BCUT2D eigenvalue weighted by atomic mass is 16.1. The van der Waals surface area contributed by atoms with E-state index in [9.17, 15) is 4.79 Å². The quantitative estimate of drug-likeness (QED) is 0.825. The highest BCUT2D eigenvalue weighted by molar-refractivity contribution is 5.80. The predicted octanol–water partition coefficient (Wildman–Crippen LogP) is 2.52. The summed E-state index contributed by atoms with van der Waals surface area (Å²) in [6.07, 6.45) is 0. The van der Waals surface area contributed by atoms with Crippen LogP contribution in [0.4, 0.5) is 5.69 Å². The summed E-state index contributed by atoms with van der Waals surface area (Å²) in [6.45, 7) is 0.866. The molecule has 22 heavy (non-hydrogen) atoms. The topological polar surface area (TPSA) is 44.4 Å². The number of carbonyl (C=O) groups excluding carboxylic acids is 1. The summed E-state index contributed by atoms with van der Waals surface area (Å²) in [5.41, 5.74) is 2.15. The van der Waals surface area contributed by atoms with Crippen LogP contribution < -0.4 is 10.6 Å². The van der Waals surface area contributed by atoms with E-state index in [1.165, 1.54) is 5.56 Å². The third kappa shape index (κ3) is 4.90. The van der Waals surface area contributed by atoms with Gasteiger partial charge in [0.15, 0.2) is 0 Å². The van der Waals surface area contributed by atoms with Crippen LogP contribution in [-0.2, 0) is 4.79 Å². The van der Waals surface area contributed by atoms with Crippen molar-refractivity contribution in [1.29, 1.82) is 0 Å². The maximum Gasteiger partial charge on any atom is 0.239 e. The SMILES string of the molecule is CN(C)C(CNC(=O)CNc1ccccc1)c1ccccc1. The van der Waals surface area contributed by atoms with Gasteiger partial charge in [-0.2, -0.15) is 0 Å². The molecule has 0 aliphatic heterocycles. The normalized spacial score (nSPS) is 12.0. The minimum Gasteiger partial charge on any atom is -0.376 e. The molecule has 2 aromatic carbocycles. The zero-order valence-electron chi connectivity index (χ0n) is 13.1. The fourth-order valence-corrected chi connectivity index (χ4v) is 2.29. The Morgan fingerprint density at radius 2 is 1.59 bits per heavy atom. The Morgan fingerprint density at radius 1 is 1.00 bits per heavy atom. The van der Waals surface area contributed by atoms with Crippen LogP contribution >= 0.6 is 0 Å². The first-order valence-corrected chi connectivity index (χ1v) is 7.44. The molecule has 4 heteroatoms. The molecular formula is C18H23N3O. The van der Waals surface area contributed by atoms with Crippen LogP contribution in [0.3, 0.4) is 0 Å². The molecule has 2 aromatic rings. The minimum absolute atomic E-state index is 0.00775. The van der Waals surface area contributed by atoms with E-state index in [4.69, 9.17) is 0 Å². The number of benzene rings is 2. The molecule has 0 saturated heterocycles. The van der Waals surface area contributed by atoms with E-state index < -0.39 is 0 Å². The van der Waals surface area contributed by atoms with Crippen molar-refractivity contribution in [3.05, 3.63) is 66.2 Å². The summed E-state index contributed by atoms with van der Waals surface area (Å²) in [5, 5.41) is 6.10. The van der Waals surface area contributed by atoms with Gasteiger partial charge in [0.05, 0.1) is 12.6 Å². The van der Waals surface area contributed by atoms with Gasteiger partial charge in [0.1, 0.15) is 0 Å². The van der Waals surface area contributed by atoms with Gasteiger partial charge >= 0.3 is 0 Å². The third-order valence-corrected chi connectivity index (χ3v) is 3.53. The van der Waals surface area contributed by atoms with Crippen molar-refractivity contribution < 1.29 is 4.79 Å². The zero-order chi connectivity index (χ0) is 15.8. The summed E-state index contributed by atoms with van der Waals surface area (Å²) in [5.74, 6) is -0.00775. The van der Waals surface area contributed by atoms with Crippen molar-refractivity contribution in [2.45, 2.75) is 6.04 Å². The van der Waals surface area contributed by atoms with Crippen LogP contribution in [-0.4, -0.2) is 38.0 Å². The lowest BCUT2D eigenvalue weighted by Crippen LogP contribution is -2.37. The first-order valence-electron chi connectivity index (χ1n) is 7.44. The van der Waals surface area contributed by atoms with E-state index in [0.717, 1.165) is 5.69 Å². The largest absolute Gasteiger partial charge is 0.376 e. The fourth-order valence-electron chi connectivity index (χ4n) is 2.29. The van der Waals surface area contributed by atoms with Crippen LogP contribution in [0.1, 0.15) is 11.6 Å². The second-order valence-corrected chi connectivity index (χ2v) is 5.41. The van der Waals surface area contributed by atoms with Crippen LogP contribution in [0, 0.1) is 0 Å². The standard InChI is InChI=1S/C18H23N3O/c1-21(2)17(15-9-5-3-6-10-15)13-20-18(22)14-19-16-11-7-4-8-12-16/h3-12,17,19H,13-14H2,1-2H3,(H,20,22). The number of para-hydroxylation sites is 1. The number of rotatable bonds is 7. The number of anilines is 1. The average molecular weight is 297 g/mol. The second-order valence-electron chi connectivity index (χ2n) is 5.41. The van der Waals surface area contributed by atoms with Crippen molar-refractivity contribution in [3.8, 4) is 0 Å². The number of amides is 1. The number of likely N-dealkylation sites (N-methyl/N-ethyl adjacent to an activating group) is 1. The summed E-state index contributed by atoms with van der Waals surface area (Å²) in [6, 6.07) is 20.1. The Morgan fingerprint density at radius 3 is 2.18 bits per heavy atom. The van der Waals surface area contributed by atoms with Crippen molar-refractivity contribution in [3.63, 3.8) is 0 Å². The maximum atomic E-state index is 12.0. The van der Waals surface area contributed by atoms with Crippen LogP contribution in [0.25, 0.3) is 0 Å². The predicted molar refractivity (Wildman–Crippen MR) is 90.8 cm³/mol. The van der Waals surface area contributed by atoms with Gasteiger partial charge in [-0.15, -0.1) is 0 Å². The Hall–Kier alpha value is -2.33. The van der Waals surface area contributed by atoms with Crippen LogP contribution in [0.5, 0.6) is 0 Å². The molecule has 1 unspecified atom stereocenters. The molecule has 2 rings (SSSR count). The van der Waals surface area contributed by atoms with Gasteiger partial charge < -0.3 is 15.5 Å². The van der Waals surface area contributed by atoms with Gasteiger partial charge in [0, 0.05) is 12.2 Å². The molecule has 2 N–H and O–H groups in total. The molecule has 1 atom stereocenters. The minimum atomic E-state index is -0.00775. The molecule has 0 fully saturated rings. The van der Waals surface area contributed by atoms with Crippen LogP contribution in [0.15, 0.2) is 60.7 Å². The van der Waals surface area contributed by atoms with Gasteiger partial charge in [-0.3, -0.25) is 4.79 Å². The van der Waals surface area contributed by atoms with Crippen LogP contribution in [0.2, 0.25) is 0 Å². The third-order valence-electron chi connectivity index (χ3n) is 3.53. The monoisotopic (exact) mass is 297 g/mol. The van der Waals surface area contributed by atoms with E-state index in [-0.39, 0.29) is 18.5 Å². The Labute approximate surface area is 132 Å². The Bertz CT molecular complexity index is 569. The smallest absolute Gasteiger partial charge is 0.239 e. The summed E-state index contributed by atoms with van der Waals surface area (Å²) < 4.78 is 0. The van der Waals surface area contributed by atoms with Gasteiger partial charge in [-0.1, -0.05) is 48.5 Å². The molecule has 0 saturated carbocycles. The molecular weight excluding hydrogens is 274 g/mol. The van der Waals surface area contributed by atoms with E-state index in [1.54, 1.807) is 0 Å². The zero-order valence-corrected chi connectivity index (χ0v) is 13.1. The number of carbonyl (C=O) groups is 1. The van der Waals surface area contributed by atoms with E-state index in [0.29, 0.717) is 6.54 Å². The Balaban J connectivity index is 1.83. The van der Waals surface area contributed by atoms with Crippen molar-refractivity contribution in [2.75, 3.05) is 32.5 Å². The van der Waals surface area contributed by atoms with E-state index in [2.05, 4.69) is 27.7 Å². The average Bonchev–Trinajstić information content (AvgIpc) is 2.55. The molecule has 0 aliphatic rings. The van der Waals surface area contributed by atoms with Gasteiger partial charge in [0.2, 0.25) is 5.91 Å². The summed E-state index contributed by atoms with van der Waals surface area (Å²) in [7, 11) is 4.04. The number of nitrogens with one attached hydrogen (secondary N) is 2. The molecule has 4 nitrogen and oxygen atoms in total. The lowest BCUT2D eigenvalue weighted by atomic mass is 10.1. The number of hydrogen-bond acceptors (Lipinski definition) is 3. The van der Waals surface area contributed by atoms with Gasteiger partial charge in [-0.05, 0) is 31.8 Å². The highest BCUT2D eigenvalue weighted by Crippen LogP contribution is 2.16.